The van der Waals surface area contributed by atoms with E-state index in [1.807, 2.05) is 6.07 Å². The van der Waals surface area contributed by atoms with E-state index in [0.717, 1.165) is 0 Å². The van der Waals surface area contributed by atoms with Crippen molar-refractivity contribution >= 4 is 17.8 Å². The lowest BCUT2D eigenvalue weighted by molar-refractivity contribution is -0.116. The quantitative estimate of drug-likeness (QED) is 0.415. The molecule has 0 radical (unpaired) electrons. The predicted octanol–water partition coefficient (Wildman–Crippen LogP) is 3.38. The molecule has 0 aliphatic rings. The fraction of sp³-hybridized carbons (Fsp3) is 0.174. The molecular weight excluding hydrogens is 416 g/mol. The minimum absolute atomic E-state index is 0.130. The SMILES string of the molecule is COc1ccc(/C=C/C(=O)NCCCc2nn(-c3ccc(F)cc3)c(N)c2C#N)cc1F. The van der Waals surface area contributed by atoms with Crippen LogP contribution >= 0.6 is 0 Å². The molecule has 3 aromatic rings. The van der Waals surface area contributed by atoms with Gasteiger partial charge in [-0.15, -0.1) is 0 Å². The van der Waals surface area contributed by atoms with Gasteiger partial charge in [-0.05, 0) is 60.9 Å². The van der Waals surface area contributed by atoms with Crippen molar-refractivity contribution < 1.29 is 18.3 Å². The lowest BCUT2D eigenvalue weighted by Gasteiger charge is -2.03. The zero-order chi connectivity index (χ0) is 23.1. The lowest BCUT2D eigenvalue weighted by atomic mass is 10.1. The Morgan fingerprint density at radius 3 is 2.69 bits per heavy atom. The maximum absolute atomic E-state index is 13.7. The molecule has 0 saturated heterocycles. The summed E-state index contributed by atoms with van der Waals surface area (Å²) in [5.41, 5.74) is 7.85. The van der Waals surface area contributed by atoms with Gasteiger partial charge in [0.05, 0.1) is 18.5 Å². The number of hydrogen-bond donors (Lipinski definition) is 2. The van der Waals surface area contributed by atoms with Gasteiger partial charge in [-0.25, -0.2) is 13.5 Å². The normalized spacial score (nSPS) is 10.8. The maximum atomic E-state index is 13.7. The van der Waals surface area contributed by atoms with Crippen LogP contribution in [0.5, 0.6) is 5.75 Å². The number of aromatic nitrogens is 2. The fourth-order valence-corrected chi connectivity index (χ4v) is 3.04. The van der Waals surface area contributed by atoms with Crippen molar-refractivity contribution in [2.24, 2.45) is 0 Å². The molecule has 0 aliphatic heterocycles. The van der Waals surface area contributed by atoms with Crippen molar-refractivity contribution in [3.05, 3.63) is 77.0 Å². The van der Waals surface area contributed by atoms with Gasteiger partial charge in [0.2, 0.25) is 5.91 Å². The van der Waals surface area contributed by atoms with Gasteiger partial charge in [0.15, 0.2) is 11.6 Å². The number of ether oxygens (including phenoxy) is 1. The van der Waals surface area contributed by atoms with Crippen LogP contribution in [0.4, 0.5) is 14.6 Å². The molecule has 164 valence electrons. The summed E-state index contributed by atoms with van der Waals surface area (Å²) < 4.78 is 33.1. The van der Waals surface area contributed by atoms with Gasteiger partial charge in [0.25, 0.3) is 0 Å². The average Bonchev–Trinajstić information content (AvgIpc) is 3.11. The van der Waals surface area contributed by atoms with Crippen molar-refractivity contribution in [1.82, 2.24) is 15.1 Å². The first-order valence-corrected chi connectivity index (χ1v) is 9.75. The lowest BCUT2D eigenvalue weighted by Crippen LogP contribution is -2.22. The number of amides is 1. The van der Waals surface area contributed by atoms with Gasteiger partial charge >= 0.3 is 0 Å². The third-order valence-electron chi connectivity index (χ3n) is 4.67. The molecule has 1 amide bonds. The van der Waals surface area contributed by atoms with Gasteiger partial charge < -0.3 is 15.8 Å². The Morgan fingerprint density at radius 1 is 1.28 bits per heavy atom. The fourth-order valence-electron chi connectivity index (χ4n) is 3.04. The third-order valence-corrected chi connectivity index (χ3v) is 4.67. The molecule has 3 N–H and O–H groups in total. The number of carbonyl (C=O) groups is 1. The molecule has 0 bridgehead atoms. The van der Waals surface area contributed by atoms with Crippen LogP contribution in [-0.2, 0) is 11.2 Å². The predicted molar refractivity (Wildman–Crippen MR) is 116 cm³/mol. The van der Waals surface area contributed by atoms with E-state index in [9.17, 15) is 18.8 Å². The van der Waals surface area contributed by atoms with Crippen LogP contribution in [0.3, 0.4) is 0 Å². The number of rotatable bonds is 8. The molecule has 9 heteroatoms. The Labute approximate surface area is 183 Å². The molecular formula is C23H21F2N5O2. The average molecular weight is 437 g/mol. The number of nitrogens with two attached hydrogens (primary N) is 1. The first-order valence-electron chi connectivity index (χ1n) is 9.75. The summed E-state index contributed by atoms with van der Waals surface area (Å²) in [6, 6.07) is 12.0. The van der Waals surface area contributed by atoms with Crippen LogP contribution in [0.15, 0.2) is 48.5 Å². The molecule has 0 unspecified atom stereocenters. The van der Waals surface area contributed by atoms with Crippen LogP contribution < -0.4 is 15.8 Å². The zero-order valence-electron chi connectivity index (χ0n) is 17.3. The Balaban J connectivity index is 1.55. The van der Waals surface area contributed by atoms with Crippen LogP contribution in [0.25, 0.3) is 11.8 Å². The number of nitriles is 1. The molecule has 0 aliphatic carbocycles. The van der Waals surface area contributed by atoms with E-state index in [4.69, 9.17) is 10.5 Å². The molecule has 0 spiro atoms. The summed E-state index contributed by atoms with van der Waals surface area (Å²) in [5, 5.41) is 16.5. The van der Waals surface area contributed by atoms with E-state index in [0.29, 0.717) is 36.3 Å². The monoisotopic (exact) mass is 437 g/mol. The highest BCUT2D eigenvalue weighted by Gasteiger charge is 2.16. The maximum Gasteiger partial charge on any atom is 0.243 e. The first kappa shape index (κ1) is 22.5. The Morgan fingerprint density at radius 2 is 2.03 bits per heavy atom. The molecule has 1 heterocycles. The number of halogens is 2. The number of aryl methyl sites for hydroxylation is 1. The molecule has 2 aromatic carbocycles. The second kappa shape index (κ2) is 10.2. The largest absolute Gasteiger partial charge is 0.494 e. The number of anilines is 1. The summed E-state index contributed by atoms with van der Waals surface area (Å²) in [6.45, 7) is 0.342. The highest BCUT2D eigenvalue weighted by atomic mass is 19.1. The van der Waals surface area contributed by atoms with E-state index in [1.165, 1.54) is 60.3 Å². The zero-order valence-corrected chi connectivity index (χ0v) is 17.3. The summed E-state index contributed by atoms with van der Waals surface area (Å²) in [6.07, 6.45) is 3.74. The van der Waals surface area contributed by atoms with Crippen molar-refractivity contribution in [3.63, 3.8) is 0 Å². The molecule has 0 fully saturated rings. The smallest absolute Gasteiger partial charge is 0.243 e. The van der Waals surface area contributed by atoms with Crippen LogP contribution in [-0.4, -0.2) is 29.3 Å². The van der Waals surface area contributed by atoms with Crippen LogP contribution in [0.2, 0.25) is 0 Å². The minimum atomic E-state index is -0.511. The van der Waals surface area contributed by atoms with Crippen molar-refractivity contribution in [1.29, 1.82) is 5.26 Å². The van der Waals surface area contributed by atoms with Gasteiger partial charge in [0.1, 0.15) is 23.3 Å². The van der Waals surface area contributed by atoms with Gasteiger partial charge in [0, 0.05) is 12.6 Å². The molecule has 3 rings (SSSR count). The van der Waals surface area contributed by atoms with E-state index in [1.54, 1.807) is 6.07 Å². The van der Waals surface area contributed by atoms with Crippen LogP contribution in [0, 0.1) is 23.0 Å². The number of hydrogen-bond acceptors (Lipinski definition) is 5. The van der Waals surface area contributed by atoms with Crippen molar-refractivity contribution in [3.8, 4) is 17.5 Å². The number of nitrogen functional groups attached to an aromatic ring is 1. The summed E-state index contributed by atoms with van der Waals surface area (Å²) in [5.74, 6) is -0.929. The van der Waals surface area contributed by atoms with Gasteiger partial charge in [-0.2, -0.15) is 10.4 Å². The van der Waals surface area contributed by atoms with Gasteiger partial charge in [-0.3, -0.25) is 4.79 Å². The van der Waals surface area contributed by atoms with E-state index in [2.05, 4.69) is 10.4 Å². The number of carbonyl (C=O) groups excluding carboxylic acids is 1. The summed E-state index contributed by atoms with van der Waals surface area (Å²) in [7, 11) is 1.38. The molecule has 32 heavy (non-hydrogen) atoms. The van der Waals surface area contributed by atoms with Crippen molar-refractivity contribution in [2.45, 2.75) is 12.8 Å². The molecule has 7 nitrogen and oxygen atoms in total. The standard InChI is InChI=1S/C23H21F2N5O2/c1-32-21-10-4-15(13-19(21)25)5-11-22(31)28-12-2-3-20-18(14-26)23(27)30(29-20)17-8-6-16(24)7-9-17/h4-11,13H,2-3,12,27H2,1H3,(H,28,31)/b11-5+. The molecule has 0 atom stereocenters. The topological polar surface area (TPSA) is 106 Å². The Bertz CT molecular complexity index is 1180. The highest BCUT2D eigenvalue weighted by molar-refractivity contribution is 5.91. The Kier molecular flexibility index (Phi) is 7.18. The summed E-state index contributed by atoms with van der Waals surface area (Å²) >= 11 is 0. The second-order valence-corrected chi connectivity index (χ2v) is 6.83. The van der Waals surface area contributed by atoms with Crippen LogP contribution in [0.1, 0.15) is 23.2 Å². The molecule has 0 saturated carbocycles. The first-order chi connectivity index (χ1) is 15.4. The minimum Gasteiger partial charge on any atom is -0.494 e. The number of nitrogens with one attached hydrogen (secondary N) is 1. The number of methoxy groups -OCH3 is 1. The van der Waals surface area contributed by atoms with E-state index in [-0.39, 0.29) is 28.9 Å². The third kappa shape index (κ3) is 5.29. The Hall–Kier alpha value is -4.19. The number of benzene rings is 2. The molecule has 1 aromatic heterocycles. The number of nitrogens with zero attached hydrogens (tertiary/aromatic N) is 3. The van der Waals surface area contributed by atoms with Gasteiger partial charge in [-0.1, -0.05) is 6.07 Å². The van der Waals surface area contributed by atoms with E-state index < -0.39 is 5.82 Å². The van der Waals surface area contributed by atoms with E-state index >= 15 is 0 Å². The summed E-state index contributed by atoms with van der Waals surface area (Å²) in [4.78, 5) is 12.0. The highest BCUT2D eigenvalue weighted by Crippen LogP contribution is 2.22. The second-order valence-electron chi connectivity index (χ2n) is 6.83. The van der Waals surface area contributed by atoms with Crippen molar-refractivity contribution in [2.75, 3.05) is 19.4 Å².